The topological polar surface area (TPSA) is 199 Å². The number of nitrogens with zero attached hydrogens (tertiary/aromatic N) is 3. The standard InChI is InChI=1S/C38H53N7O8/c1-23(33(50)41-26(14-17-30(48)49)34(51)40-19-21-45-28(46)15-16-29(45)47)18-20-43(8)36(53)32(37(2,3)4)42-35(52)31(39-7)38(5,6)25-22-44(9)27-13-11-10-12-24(25)27/h10-13,15-16,18,22,26,31-32,39H,14,17,19-21H2,1-9H3,(H,40,51)(H,41,50)(H,42,52)(H,48,49)/b23-18+/t26-,31+,32?/m0/s1. The molecule has 6 amide bonds. The molecule has 1 aromatic carbocycles. The van der Waals surface area contributed by atoms with Crippen LogP contribution in [0.5, 0.6) is 0 Å². The fourth-order valence-electron chi connectivity index (χ4n) is 6.26. The third-order valence-corrected chi connectivity index (χ3v) is 9.47. The lowest BCUT2D eigenvalue weighted by atomic mass is 9.76. The molecule has 0 aliphatic carbocycles. The maximum Gasteiger partial charge on any atom is 0.303 e. The molecule has 0 saturated carbocycles. The summed E-state index contributed by atoms with van der Waals surface area (Å²) in [4.78, 5) is 91.0. The molecule has 0 radical (unpaired) electrons. The molecule has 1 aromatic heterocycles. The van der Waals surface area contributed by atoms with Gasteiger partial charge in [0.1, 0.15) is 12.1 Å². The molecule has 1 unspecified atom stereocenters. The number of aromatic nitrogens is 1. The molecule has 288 valence electrons. The van der Waals surface area contributed by atoms with Gasteiger partial charge in [0.15, 0.2) is 0 Å². The lowest BCUT2D eigenvalue weighted by Gasteiger charge is -2.38. The minimum atomic E-state index is -1.22. The lowest BCUT2D eigenvalue weighted by Crippen LogP contribution is -2.60. The van der Waals surface area contributed by atoms with Crippen LogP contribution in [0.25, 0.3) is 10.9 Å². The second-order valence-corrected chi connectivity index (χ2v) is 14.9. The molecule has 2 aromatic rings. The van der Waals surface area contributed by atoms with E-state index in [1.807, 2.05) is 76.7 Å². The van der Waals surface area contributed by atoms with E-state index in [4.69, 9.17) is 0 Å². The number of carboxylic acid groups (broad SMARTS) is 1. The largest absolute Gasteiger partial charge is 0.481 e. The SMILES string of the molecule is CN[C@H](C(=O)NC(C(=O)N(C)C/C=C(\C)C(=O)N[C@@H](CCC(=O)O)C(=O)NCCN1C(=O)C=CC1=O)C(C)(C)C)C(C)(C)c1cn(C)c2ccccc12. The Morgan fingerprint density at radius 3 is 2.15 bits per heavy atom. The number of para-hydroxylation sites is 1. The fourth-order valence-corrected chi connectivity index (χ4v) is 6.26. The molecule has 2 heterocycles. The van der Waals surface area contributed by atoms with Crippen LogP contribution in [-0.4, -0.2) is 113 Å². The zero-order valence-electron chi connectivity index (χ0n) is 32.0. The van der Waals surface area contributed by atoms with Crippen LogP contribution in [0.4, 0.5) is 0 Å². The Morgan fingerprint density at radius 1 is 0.943 bits per heavy atom. The van der Waals surface area contributed by atoms with Crippen LogP contribution in [0, 0.1) is 5.41 Å². The highest BCUT2D eigenvalue weighted by Crippen LogP contribution is 2.35. The van der Waals surface area contributed by atoms with Gasteiger partial charge in [-0.25, -0.2) is 0 Å². The molecule has 15 heteroatoms. The van der Waals surface area contributed by atoms with Gasteiger partial charge in [0.05, 0.1) is 6.04 Å². The molecular weight excluding hydrogens is 682 g/mol. The molecule has 53 heavy (non-hydrogen) atoms. The van der Waals surface area contributed by atoms with E-state index in [2.05, 4.69) is 21.3 Å². The van der Waals surface area contributed by atoms with Gasteiger partial charge < -0.3 is 35.8 Å². The van der Waals surface area contributed by atoms with Crippen molar-refractivity contribution < 1.29 is 38.7 Å². The minimum absolute atomic E-state index is 0.00456. The van der Waals surface area contributed by atoms with Gasteiger partial charge >= 0.3 is 5.97 Å². The quantitative estimate of drug-likeness (QED) is 0.118. The first kappa shape index (κ1) is 42.1. The Hall–Kier alpha value is -5.31. The molecule has 3 atom stereocenters. The van der Waals surface area contributed by atoms with Gasteiger partial charge in [-0.3, -0.25) is 38.5 Å². The first-order chi connectivity index (χ1) is 24.7. The number of imide groups is 1. The van der Waals surface area contributed by atoms with Crippen molar-refractivity contribution in [2.45, 2.75) is 77.9 Å². The molecule has 3 rings (SSSR count). The molecule has 15 nitrogen and oxygen atoms in total. The van der Waals surface area contributed by atoms with Crippen molar-refractivity contribution in [2.75, 3.05) is 33.7 Å². The zero-order chi connectivity index (χ0) is 39.8. The number of aliphatic carboxylic acids is 1. The number of likely N-dealkylation sites (N-methyl/N-ethyl adjacent to an activating group) is 2. The normalized spacial score (nSPS) is 15.3. The van der Waals surface area contributed by atoms with Crippen molar-refractivity contribution >= 4 is 52.3 Å². The maximum atomic E-state index is 14.0. The highest BCUT2D eigenvalue weighted by atomic mass is 16.4. The van der Waals surface area contributed by atoms with Crippen molar-refractivity contribution in [2.24, 2.45) is 12.5 Å². The van der Waals surface area contributed by atoms with Gasteiger partial charge in [-0.2, -0.15) is 0 Å². The Morgan fingerprint density at radius 2 is 1.57 bits per heavy atom. The van der Waals surface area contributed by atoms with E-state index in [9.17, 15) is 38.7 Å². The fraction of sp³-hybridized carbons (Fsp3) is 0.500. The Bertz CT molecular complexity index is 1780. The van der Waals surface area contributed by atoms with E-state index in [1.54, 1.807) is 14.1 Å². The predicted molar refractivity (Wildman–Crippen MR) is 199 cm³/mol. The first-order valence-electron chi connectivity index (χ1n) is 17.5. The summed E-state index contributed by atoms with van der Waals surface area (Å²) in [6.07, 6.45) is 5.15. The summed E-state index contributed by atoms with van der Waals surface area (Å²) >= 11 is 0. The number of carboxylic acids is 1. The molecule has 1 aliphatic heterocycles. The molecular formula is C38H53N7O8. The third-order valence-electron chi connectivity index (χ3n) is 9.47. The summed E-state index contributed by atoms with van der Waals surface area (Å²) in [7, 11) is 5.22. The number of nitrogens with one attached hydrogen (secondary N) is 4. The average molecular weight is 736 g/mol. The van der Waals surface area contributed by atoms with Crippen molar-refractivity contribution in [1.29, 1.82) is 0 Å². The number of rotatable bonds is 17. The van der Waals surface area contributed by atoms with Crippen LogP contribution in [-0.2, 0) is 46.0 Å². The van der Waals surface area contributed by atoms with E-state index in [0.717, 1.165) is 33.5 Å². The van der Waals surface area contributed by atoms with E-state index in [0.29, 0.717) is 0 Å². The number of hydrogen-bond donors (Lipinski definition) is 5. The molecule has 1 aliphatic rings. The van der Waals surface area contributed by atoms with E-state index < -0.39 is 65.0 Å². The minimum Gasteiger partial charge on any atom is -0.481 e. The number of aryl methyl sites for hydroxylation is 1. The van der Waals surface area contributed by atoms with Crippen LogP contribution in [0.2, 0.25) is 0 Å². The highest BCUT2D eigenvalue weighted by Gasteiger charge is 2.41. The zero-order valence-corrected chi connectivity index (χ0v) is 32.0. The number of amides is 6. The van der Waals surface area contributed by atoms with E-state index in [1.165, 1.54) is 17.9 Å². The summed E-state index contributed by atoms with van der Waals surface area (Å²) in [6.45, 7) is 10.8. The maximum absolute atomic E-state index is 14.0. The van der Waals surface area contributed by atoms with Crippen molar-refractivity contribution in [3.05, 3.63) is 59.8 Å². The lowest BCUT2D eigenvalue weighted by molar-refractivity contribution is -0.139. The average Bonchev–Trinajstić information content (AvgIpc) is 3.60. The summed E-state index contributed by atoms with van der Waals surface area (Å²) < 4.78 is 2.02. The van der Waals surface area contributed by atoms with Gasteiger partial charge in [-0.05, 0) is 37.4 Å². The Labute approximate surface area is 310 Å². The molecule has 5 N–H and O–H groups in total. The number of carbonyl (C=O) groups excluding carboxylic acids is 6. The Kier molecular flexibility index (Phi) is 13.9. The van der Waals surface area contributed by atoms with Crippen LogP contribution in [0.15, 0.2) is 54.3 Å². The summed E-state index contributed by atoms with van der Waals surface area (Å²) in [5, 5.41) is 21.4. The number of fused-ring (bicyclic) bond motifs is 1. The first-order valence-corrected chi connectivity index (χ1v) is 17.5. The second-order valence-electron chi connectivity index (χ2n) is 14.9. The van der Waals surface area contributed by atoms with Crippen LogP contribution >= 0.6 is 0 Å². The molecule has 0 fully saturated rings. The summed E-state index contributed by atoms with van der Waals surface area (Å²) in [5.74, 6) is -4.25. The van der Waals surface area contributed by atoms with Gasteiger partial charge in [-0.1, -0.05) is 58.9 Å². The van der Waals surface area contributed by atoms with Gasteiger partial charge in [-0.15, -0.1) is 0 Å². The van der Waals surface area contributed by atoms with E-state index >= 15 is 0 Å². The van der Waals surface area contributed by atoms with Crippen molar-refractivity contribution in [3.63, 3.8) is 0 Å². The molecule has 0 saturated heterocycles. The van der Waals surface area contributed by atoms with Crippen molar-refractivity contribution in [3.8, 4) is 0 Å². The highest BCUT2D eigenvalue weighted by molar-refractivity contribution is 6.12. The van der Waals surface area contributed by atoms with Gasteiger partial charge in [0.25, 0.3) is 11.8 Å². The van der Waals surface area contributed by atoms with Gasteiger partial charge in [0.2, 0.25) is 23.6 Å². The van der Waals surface area contributed by atoms with Crippen LogP contribution in [0.3, 0.4) is 0 Å². The van der Waals surface area contributed by atoms with E-state index in [-0.39, 0.29) is 43.4 Å². The number of benzene rings is 1. The Balaban J connectivity index is 1.68. The molecule has 0 bridgehead atoms. The monoisotopic (exact) mass is 735 g/mol. The summed E-state index contributed by atoms with van der Waals surface area (Å²) in [5.41, 5.74) is 0.827. The van der Waals surface area contributed by atoms with Crippen LogP contribution < -0.4 is 21.3 Å². The summed E-state index contributed by atoms with van der Waals surface area (Å²) in [6, 6.07) is 5.13. The second kappa shape index (κ2) is 17.5. The number of hydrogen-bond acceptors (Lipinski definition) is 8. The predicted octanol–water partition coefficient (Wildman–Crippen LogP) is 1.37. The number of carbonyl (C=O) groups is 7. The third kappa shape index (κ3) is 10.4. The smallest absolute Gasteiger partial charge is 0.303 e. The van der Waals surface area contributed by atoms with Gasteiger partial charge in [0, 0.05) is 80.4 Å². The van der Waals surface area contributed by atoms with Crippen molar-refractivity contribution in [1.82, 2.24) is 35.6 Å². The molecule has 0 spiro atoms. The van der Waals surface area contributed by atoms with Crippen LogP contribution in [0.1, 0.15) is 59.9 Å².